The standard InChI is InChI=1S/C21H22F3N3O3/c1-11-9-15-16(14-6-4-3-5-13(14)7-8-25-15)17(18(11)28)27-20(30)12(2)19(29)26-10-21(22,23)24/h3-8,11-12,17,25H,9-10H2,1-2H3,(H,26,29)(H,27,30). The maximum atomic E-state index is 12.9. The first-order valence-corrected chi connectivity index (χ1v) is 9.52. The van der Waals surface area contributed by atoms with Crippen molar-refractivity contribution < 1.29 is 27.6 Å². The summed E-state index contributed by atoms with van der Waals surface area (Å²) in [6, 6.07) is 6.37. The van der Waals surface area contributed by atoms with Crippen LogP contribution in [0.2, 0.25) is 0 Å². The number of allylic oxidation sites excluding steroid dienone is 1. The summed E-state index contributed by atoms with van der Waals surface area (Å²) in [5.74, 6) is -3.87. The lowest BCUT2D eigenvalue weighted by atomic mass is 9.79. The van der Waals surface area contributed by atoms with Crippen molar-refractivity contribution in [1.82, 2.24) is 16.0 Å². The van der Waals surface area contributed by atoms with Crippen LogP contribution in [0.1, 0.15) is 31.4 Å². The van der Waals surface area contributed by atoms with Crippen molar-refractivity contribution in [2.75, 3.05) is 6.54 Å². The minimum Gasteiger partial charge on any atom is -0.365 e. The van der Waals surface area contributed by atoms with Gasteiger partial charge in [0.1, 0.15) is 18.5 Å². The molecule has 3 N–H and O–H groups in total. The highest BCUT2D eigenvalue weighted by atomic mass is 19.4. The molecule has 30 heavy (non-hydrogen) atoms. The van der Waals surface area contributed by atoms with E-state index < -0.39 is 36.5 Å². The molecule has 1 heterocycles. The molecule has 3 rings (SSSR count). The molecule has 0 spiro atoms. The topological polar surface area (TPSA) is 87.3 Å². The van der Waals surface area contributed by atoms with Gasteiger partial charge in [-0.3, -0.25) is 14.4 Å². The molecule has 6 nitrogen and oxygen atoms in total. The van der Waals surface area contributed by atoms with E-state index in [1.165, 1.54) is 6.92 Å². The van der Waals surface area contributed by atoms with Crippen LogP contribution >= 0.6 is 0 Å². The molecule has 3 unspecified atom stereocenters. The molecule has 0 saturated heterocycles. The summed E-state index contributed by atoms with van der Waals surface area (Å²) in [5, 5.41) is 7.45. The van der Waals surface area contributed by atoms with Crippen molar-refractivity contribution in [3.8, 4) is 0 Å². The Balaban J connectivity index is 1.86. The number of carbonyl (C=O) groups is 3. The van der Waals surface area contributed by atoms with Crippen LogP contribution in [-0.4, -0.2) is 36.4 Å². The summed E-state index contributed by atoms with van der Waals surface area (Å²) >= 11 is 0. The number of halogens is 3. The van der Waals surface area contributed by atoms with Crippen LogP contribution in [0.4, 0.5) is 13.2 Å². The number of alkyl halides is 3. The summed E-state index contributed by atoms with van der Waals surface area (Å²) in [5.41, 5.74) is 3.01. The third-order valence-corrected chi connectivity index (χ3v) is 5.20. The van der Waals surface area contributed by atoms with Crippen LogP contribution in [0.5, 0.6) is 0 Å². The smallest absolute Gasteiger partial charge is 0.365 e. The molecular weight excluding hydrogens is 399 g/mol. The Bertz CT molecular complexity index is 937. The van der Waals surface area contributed by atoms with Gasteiger partial charge >= 0.3 is 6.18 Å². The highest BCUT2D eigenvalue weighted by molar-refractivity contribution is 6.07. The molecule has 1 aliphatic heterocycles. The Morgan fingerprint density at radius 3 is 2.63 bits per heavy atom. The van der Waals surface area contributed by atoms with E-state index in [1.807, 2.05) is 30.3 Å². The molecule has 1 aromatic rings. The van der Waals surface area contributed by atoms with Crippen LogP contribution in [0.15, 0.2) is 36.2 Å². The van der Waals surface area contributed by atoms with E-state index in [2.05, 4.69) is 10.6 Å². The van der Waals surface area contributed by atoms with E-state index in [1.54, 1.807) is 18.4 Å². The van der Waals surface area contributed by atoms with Gasteiger partial charge in [-0.15, -0.1) is 0 Å². The zero-order valence-electron chi connectivity index (χ0n) is 16.5. The second-order valence-electron chi connectivity index (χ2n) is 7.46. The number of hydrogen-bond acceptors (Lipinski definition) is 4. The Morgan fingerprint density at radius 2 is 1.93 bits per heavy atom. The molecule has 3 atom stereocenters. The molecule has 0 bridgehead atoms. The molecule has 1 aliphatic carbocycles. The SMILES string of the molecule is CC1CC2=C(c3ccccc3C=CN2)C(NC(=O)C(C)C(=O)NCC(F)(F)F)C1=O. The first kappa shape index (κ1) is 21.6. The van der Waals surface area contributed by atoms with Crippen LogP contribution < -0.4 is 16.0 Å². The largest absolute Gasteiger partial charge is 0.405 e. The number of hydrogen-bond donors (Lipinski definition) is 3. The van der Waals surface area contributed by atoms with Gasteiger partial charge in [0.2, 0.25) is 11.8 Å². The second kappa shape index (κ2) is 8.33. The number of Topliss-reactive ketones (excluding diaryl/α,β-unsaturated/α-hetero) is 1. The van der Waals surface area contributed by atoms with Gasteiger partial charge in [-0.25, -0.2) is 0 Å². The number of benzene rings is 1. The summed E-state index contributed by atoms with van der Waals surface area (Å²) in [6.07, 6.45) is -0.505. The number of amides is 2. The maximum absolute atomic E-state index is 12.9. The monoisotopic (exact) mass is 421 g/mol. The normalized spacial score (nSPS) is 21.7. The quantitative estimate of drug-likeness (QED) is 0.652. The fourth-order valence-electron chi connectivity index (χ4n) is 3.56. The average Bonchev–Trinajstić information content (AvgIpc) is 2.87. The van der Waals surface area contributed by atoms with Crippen molar-refractivity contribution in [3.63, 3.8) is 0 Å². The number of ketones is 1. The summed E-state index contributed by atoms with van der Waals surface area (Å²) in [6.45, 7) is 1.42. The minimum absolute atomic E-state index is 0.219. The molecule has 9 heteroatoms. The van der Waals surface area contributed by atoms with Gasteiger partial charge in [-0.1, -0.05) is 31.2 Å². The lowest BCUT2D eigenvalue weighted by molar-refractivity contribution is -0.144. The van der Waals surface area contributed by atoms with Crippen LogP contribution in [0.25, 0.3) is 11.6 Å². The molecule has 0 saturated carbocycles. The third-order valence-electron chi connectivity index (χ3n) is 5.20. The lowest BCUT2D eigenvalue weighted by Crippen LogP contribution is -2.51. The predicted octanol–water partition coefficient (Wildman–Crippen LogP) is 2.38. The van der Waals surface area contributed by atoms with Gasteiger partial charge in [0, 0.05) is 23.4 Å². The molecule has 0 radical (unpaired) electrons. The van der Waals surface area contributed by atoms with Gasteiger partial charge in [-0.2, -0.15) is 13.2 Å². The van der Waals surface area contributed by atoms with Crippen LogP contribution in [0, 0.1) is 11.8 Å². The fraction of sp³-hybridized carbons (Fsp3) is 0.381. The molecule has 2 amide bonds. The highest BCUT2D eigenvalue weighted by Crippen LogP contribution is 2.36. The highest BCUT2D eigenvalue weighted by Gasteiger charge is 2.39. The molecule has 2 aliphatic rings. The first-order chi connectivity index (χ1) is 14.1. The molecule has 0 aromatic heterocycles. The number of carbonyl (C=O) groups excluding carboxylic acids is 3. The van der Waals surface area contributed by atoms with E-state index in [4.69, 9.17) is 0 Å². The van der Waals surface area contributed by atoms with Crippen LogP contribution in [-0.2, 0) is 14.4 Å². The van der Waals surface area contributed by atoms with Gasteiger partial charge < -0.3 is 16.0 Å². The Labute approximate surface area is 171 Å². The average molecular weight is 421 g/mol. The first-order valence-electron chi connectivity index (χ1n) is 9.52. The second-order valence-corrected chi connectivity index (χ2v) is 7.46. The van der Waals surface area contributed by atoms with Crippen molar-refractivity contribution in [3.05, 3.63) is 47.3 Å². The molecular formula is C21H22F3N3O3. The maximum Gasteiger partial charge on any atom is 0.405 e. The van der Waals surface area contributed by atoms with Crippen molar-refractivity contribution >= 4 is 29.2 Å². The van der Waals surface area contributed by atoms with Gasteiger partial charge in [0.25, 0.3) is 0 Å². The fourth-order valence-corrected chi connectivity index (χ4v) is 3.56. The molecule has 1 aromatic carbocycles. The van der Waals surface area contributed by atoms with E-state index in [-0.39, 0.29) is 11.7 Å². The Morgan fingerprint density at radius 1 is 1.23 bits per heavy atom. The van der Waals surface area contributed by atoms with Crippen molar-refractivity contribution in [2.45, 2.75) is 32.5 Å². The van der Waals surface area contributed by atoms with E-state index >= 15 is 0 Å². The Kier molecular flexibility index (Phi) is 6.00. The zero-order valence-corrected chi connectivity index (χ0v) is 16.5. The summed E-state index contributed by atoms with van der Waals surface area (Å²) in [4.78, 5) is 37.5. The third kappa shape index (κ3) is 4.55. The van der Waals surface area contributed by atoms with Gasteiger partial charge in [0.05, 0.1) is 0 Å². The lowest BCUT2D eigenvalue weighted by Gasteiger charge is -2.32. The number of nitrogens with one attached hydrogen (secondary N) is 3. The molecule has 160 valence electrons. The van der Waals surface area contributed by atoms with Gasteiger partial charge in [0.15, 0.2) is 5.78 Å². The van der Waals surface area contributed by atoms with E-state index in [9.17, 15) is 27.6 Å². The summed E-state index contributed by atoms with van der Waals surface area (Å²) < 4.78 is 37.0. The van der Waals surface area contributed by atoms with E-state index in [0.717, 1.165) is 16.8 Å². The Hall–Kier alpha value is -3.10. The van der Waals surface area contributed by atoms with Gasteiger partial charge in [-0.05, 0) is 30.5 Å². The van der Waals surface area contributed by atoms with Crippen molar-refractivity contribution in [1.29, 1.82) is 0 Å². The predicted molar refractivity (Wildman–Crippen MR) is 104 cm³/mol. The van der Waals surface area contributed by atoms with E-state index in [0.29, 0.717) is 12.0 Å². The summed E-state index contributed by atoms with van der Waals surface area (Å²) in [7, 11) is 0. The molecule has 0 fully saturated rings. The minimum atomic E-state index is -4.58. The zero-order chi connectivity index (χ0) is 22.1. The number of fused-ring (bicyclic) bond motifs is 2. The van der Waals surface area contributed by atoms with Crippen molar-refractivity contribution in [2.24, 2.45) is 11.8 Å². The number of rotatable bonds is 4. The van der Waals surface area contributed by atoms with Crippen LogP contribution in [0.3, 0.4) is 0 Å².